The Hall–Kier alpha value is -1.85. The van der Waals surface area contributed by atoms with Crippen LogP contribution in [0.5, 0.6) is 0 Å². The highest BCUT2D eigenvalue weighted by molar-refractivity contribution is 5.18. The monoisotopic (exact) mass is 331 g/mol. The second-order valence-electron chi connectivity index (χ2n) is 6.25. The molecule has 24 heavy (non-hydrogen) atoms. The molecule has 1 aliphatic heterocycles. The first-order chi connectivity index (χ1) is 11.7. The van der Waals surface area contributed by atoms with Gasteiger partial charge in [-0.1, -0.05) is 12.1 Å². The second kappa shape index (κ2) is 8.31. The van der Waals surface area contributed by atoms with Gasteiger partial charge in [-0.3, -0.25) is 4.98 Å². The van der Waals surface area contributed by atoms with Gasteiger partial charge in [0.25, 0.3) is 0 Å². The first-order valence-corrected chi connectivity index (χ1v) is 8.49. The molecule has 0 unspecified atom stereocenters. The molecule has 1 aromatic carbocycles. The van der Waals surface area contributed by atoms with Gasteiger partial charge in [0.1, 0.15) is 0 Å². The zero-order chi connectivity index (χ0) is 16.8. The topological polar surface area (TPSA) is 19.4 Å². The molecule has 3 nitrogen and oxygen atoms in total. The Balaban J connectivity index is 1.38. The predicted molar refractivity (Wildman–Crippen MR) is 90.9 cm³/mol. The van der Waals surface area contributed by atoms with E-state index in [1.807, 2.05) is 18.3 Å². The first-order valence-electron chi connectivity index (χ1n) is 8.49. The lowest BCUT2D eigenvalue weighted by molar-refractivity contribution is 0.134. The summed E-state index contributed by atoms with van der Waals surface area (Å²) in [6.07, 6.45) is 3.58. The average Bonchev–Trinajstić information content (AvgIpc) is 2.63. The summed E-state index contributed by atoms with van der Waals surface area (Å²) in [6, 6.07) is 10.2. The molecule has 0 spiro atoms. The molecule has 0 amide bonds. The number of benzene rings is 1. The van der Waals surface area contributed by atoms with Crippen LogP contribution in [-0.2, 0) is 12.8 Å². The van der Waals surface area contributed by atoms with Crippen molar-refractivity contribution in [2.24, 2.45) is 0 Å². The van der Waals surface area contributed by atoms with Crippen molar-refractivity contribution in [3.8, 4) is 0 Å². The molecular weight excluding hydrogens is 308 g/mol. The summed E-state index contributed by atoms with van der Waals surface area (Å²) in [6.45, 7) is 6.06. The average molecular weight is 331 g/mol. The van der Waals surface area contributed by atoms with E-state index in [-0.39, 0.29) is 0 Å². The highest BCUT2D eigenvalue weighted by atomic mass is 19.2. The van der Waals surface area contributed by atoms with Gasteiger partial charge in [0.2, 0.25) is 0 Å². The largest absolute Gasteiger partial charge is 0.300 e. The molecule has 0 radical (unpaired) electrons. The predicted octanol–water partition coefficient (Wildman–Crippen LogP) is 2.76. The molecule has 3 rings (SSSR count). The van der Waals surface area contributed by atoms with E-state index in [9.17, 15) is 8.78 Å². The van der Waals surface area contributed by atoms with Crippen LogP contribution in [0.3, 0.4) is 0 Å². The van der Waals surface area contributed by atoms with Crippen LogP contribution in [0.2, 0.25) is 0 Å². The SMILES string of the molecule is Fc1ccc(CCN2CCN(CCc3ccccn3)CC2)cc1F. The van der Waals surface area contributed by atoms with Crippen LogP contribution in [0, 0.1) is 11.6 Å². The molecule has 0 bridgehead atoms. The van der Waals surface area contributed by atoms with Gasteiger partial charge in [-0.25, -0.2) is 8.78 Å². The third kappa shape index (κ3) is 4.82. The van der Waals surface area contributed by atoms with Crippen LogP contribution in [0.25, 0.3) is 0 Å². The number of aromatic nitrogens is 1. The van der Waals surface area contributed by atoms with Gasteiger partial charge in [0.05, 0.1) is 0 Å². The van der Waals surface area contributed by atoms with E-state index in [4.69, 9.17) is 0 Å². The van der Waals surface area contributed by atoms with Crippen molar-refractivity contribution in [2.45, 2.75) is 12.8 Å². The number of piperazine rings is 1. The smallest absolute Gasteiger partial charge is 0.159 e. The second-order valence-corrected chi connectivity index (χ2v) is 6.25. The van der Waals surface area contributed by atoms with Gasteiger partial charge in [0, 0.05) is 57.6 Å². The zero-order valence-electron chi connectivity index (χ0n) is 13.8. The third-order valence-electron chi connectivity index (χ3n) is 4.58. The lowest BCUT2D eigenvalue weighted by Crippen LogP contribution is -2.47. The Kier molecular flexibility index (Phi) is 5.88. The van der Waals surface area contributed by atoms with E-state index in [0.29, 0.717) is 0 Å². The number of hydrogen-bond donors (Lipinski definition) is 0. The molecule has 5 heteroatoms. The minimum Gasteiger partial charge on any atom is -0.300 e. The number of halogens is 2. The lowest BCUT2D eigenvalue weighted by atomic mass is 10.1. The Morgan fingerprint density at radius 1 is 0.833 bits per heavy atom. The Morgan fingerprint density at radius 3 is 2.17 bits per heavy atom. The number of nitrogens with zero attached hydrogens (tertiary/aromatic N) is 3. The summed E-state index contributed by atoms with van der Waals surface area (Å²) >= 11 is 0. The third-order valence-corrected chi connectivity index (χ3v) is 4.58. The maximum Gasteiger partial charge on any atom is 0.159 e. The molecule has 1 fully saturated rings. The van der Waals surface area contributed by atoms with E-state index in [2.05, 4.69) is 20.9 Å². The van der Waals surface area contributed by atoms with E-state index >= 15 is 0 Å². The molecule has 0 N–H and O–H groups in total. The molecular formula is C19H23F2N3. The standard InChI is InChI=1S/C19H23F2N3/c20-18-5-4-16(15-19(18)21)6-9-23-11-13-24(14-12-23)10-7-17-3-1-2-8-22-17/h1-5,8,15H,6-7,9-14H2. The summed E-state index contributed by atoms with van der Waals surface area (Å²) < 4.78 is 26.2. The number of hydrogen-bond acceptors (Lipinski definition) is 3. The molecule has 0 atom stereocenters. The molecule has 1 aromatic heterocycles. The maximum absolute atomic E-state index is 13.2. The fourth-order valence-corrected chi connectivity index (χ4v) is 3.04. The van der Waals surface area contributed by atoms with Crippen LogP contribution in [0.4, 0.5) is 8.78 Å². The van der Waals surface area contributed by atoms with E-state index in [0.717, 1.165) is 63.4 Å². The van der Waals surface area contributed by atoms with Crippen molar-refractivity contribution in [3.63, 3.8) is 0 Å². The maximum atomic E-state index is 13.2. The lowest BCUT2D eigenvalue weighted by Gasteiger charge is -2.34. The minimum absolute atomic E-state index is 0.755. The van der Waals surface area contributed by atoms with Crippen molar-refractivity contribution >= 4 is 0 Å². The Morgan fingerprint density at radius 2 is 1.54 bits per heavy atom. The fraction of sp³-hybridized carbons (Fsp3) is 0.421. The van der Waals surface area contributed by atoms with Gasteiger partial charge in [-0.05, 0) is 36.2 Å². The normalized spacial score (nSPS) is 16.4. The van der Waals surface area contributed by atoms with Crippen molar-refractivity contribution in [1.29, 1.82) is 0 Å². The van der Waals surface area contributed by atoms with Crippen LogP contribution in [-0.4, -0.2) is 54.1 Å². The van der Waals surface area contributed by atoms with E-state index < -0.39 is 11.6 Å². The van der Waals surface area contributed by atoms with Gasteiger partial charge in [0.15, 0.2) is 11.6 Å². The first kappa shape index (κ1) is 17.0. The molecule has 0 aliphatic carbocycles. The summed E-state index contributed by atoms with van der Waals surface area (Å²) in [5.41, 5.74) is 1.99. The van der Waals surface area contributed by atoms with Crippen molar-refractivity contribution in [1.82, 2.24) is 14.8 Å². The zero-order valence-corrected chi connectivity index (χ0v) is 13.8. The van der Waals surface area contributed by atoms with Crippen molar-refractivity contribution in [3.05, 3.63) is 65.5 Å². The van der Waals surface area contributed by atoms with Crippen LogP contribution >= 0.6 is 0 Å². The Labute approximate surface area is 141 Å². The highest BCUT2D eigenvalue weighted by Crippen LogP contribution is 2.11. The summed E-state index contributed by atoms with van der Waals surface area (Å²) in [5.74, 6) is -1.54. The van der Waals surface area contributed by atoms with Crippen LogP contribution in [0.1, 0.15) is 11.3 Å². The molecule has 0 saturated carbocycles. The number of rotatable bonds is 6. The Bertz CT molecular complexity index is 640. The molecule has 2 aromatic rings. The van der Waals surface area contributed by atoms with Crippen molar-refractivity contribution < 1.29 is 8.78 Å². The van der Waals surface area contributed by atoms with Gasteiger partial charge in [-0.2, -0.15) is 0 Å². The number of pyridine rings is 1. The quantitative estimate of drug-likeness (QED) is 0.811. The minimum atomic E-state index is -0.778. The summed E-state index contributed by atoms with van der Waals surface area (Å²) in [5, 5.41) is 0. The molecule has 1 saturated heterocycles. The van der Waals surface area contributed by atoms with Gasteiger partial charge < -0.3 is 9.80 Å². The molecule has 128 valence electrons. The summed E-state index contributed by atoms with van der Waals surface area (Å²) in [7, 11) is 0. The molecule has 1 aliphatic rings. The van der Waals surface area contributed by atoms with E-state index in [1.165, 1.54) is 12.1 Å². The van der Waals surface area contributed by atoms with Gasteiger partial charge >= 0.3 is 0 Å². The van der Waals surface area contributed by atoms with Crippen LogP contribution in [0.15, 0.2) is 42.6 Å². The highest BCUT2D eigenvalue weighted by Gasteiger charge is 2.16. The molecule has 2 heterocycles. The summed E-state index contributed by atoms with van der Waals surface area (Å²) in [4.78, 5) is 9.21. The fourth-order valence-electron chi connectivity index (χ4n) is 3.04. The van der Waals surface area contributed by atoms with Crippen molar-refractivity contribution in [2.75, 3.05) is 39.3 Å². The van der Waals surface area contributed by atoms with Gasteiger partial charge in [-0.15, -0.1) is 0 Å². The van der Waals surface area contributed by atoms with E-state index in [1.54, 1.807) is 6.07 Å². The van der Waals surface area contributed by atoms with Crippen LogP contribution < -0.4 is 0 Å².